The average molecular weight is 308 g/mol. The number of allylic oxidation sites excluding steroid dienone is 1. The third kappa shape index (κ3) is 3.88. The zero-order valence-electron chi connectivity index (χ0n) is 13.2. The molecule has 3 heteroatoms. The molecule has 1 unspecified atom stereocenters. The van der Waals surface area contributed by atoms with E-state index in [0.29, 0.717) is 19.0 Å². The molecule has 0 N–H and O–H groups in total. The lowest BCUT2D eigenvalue weighted by Crippen LogP contribution is -2.01. The van der Waals surface area contributed by atoms with Crippen LogP contribution in [0.2, 0.25) is 0 Å². The molecule has 0 aromatic heterocycles. The van der Waals surface area contributed by atoms with Gasteiger partial charge in [0.1, 0.15) is 5.76 Å². The lowest BCUT2D eigenvalue weighted by Gasteiger charge is -2.10. The maximum absolute atomic E-state index is 11.2. The van der Waals surface area contributed by atoms with Crippen molar-refractivity contribution < 1.29 is 14.3 Å². The molecule has 0 aliphatic heterocycles. The van der Waals surface area contributed by atoms with E-state index in [9.17, 15) is 4.79 Å². The van der Waals surface area contributed by atoms with Crippen LogP contribution in [0.3, 0.4) is 0 Å². The van der Waals surface area contributed by atoms with Gasteiger partial charge in [-0.2, -0.15) is 0 Å². The van der Waals surface area contributed by atoms with Crippen molar-refractivity contribution in [1.82, 2.24) is 0 Å². The summed E-state index contributed by atoms with van der Waals surface area (Å²) in [5, 5.41) is 0. The molecular formula is C20H20O3. The van der Waals surface area contributed by atoms with Crippen LogP contribution in [0.1, 0.15) is 36.0 Å². The normalized spacial score (nSPS) is 15.9. The number of esters is 1. The van der Waals surface area contributed by atoms with E-state index in [1.807, 2.05) is 42.5 Å². The first kappa shape index (κ1) is 15.5. The minimum absolute atomic E-state index is 0.233. The number of ether oxygens (including phenoxy) is 2. The minimum Gasteiger partial charge on any atom is -0.426 e. The van der Waals surface area contributed by atoms with E-state index >= 15 is 0 Å². The zero-order chi connectivity index (χ0) is 16.1. The van der Waals surface area contributed by atoms with Crippen LogP contribution in [0.25, 0.3) is 5.76 Å². The molecule has 0 radical (unpaired) electrons. The molecule has 2 aromatic carbocycles. The fraction of sp³-hybridized carbons (Fsp3) is 0.250. The average Bonchev–Trinajstić information content (AvgIpc) is 2.90. The van der Waals surface area contributed by atoms with Gasteiger partial charge in [0.05, 0.1) is 6.61 Å². The highest BCUT2D eigenvalue weighted by Gasteiger charge is 2.24. The molecule has 0 fully saturated rings. The molecule has 1 atom stereocenters. The lowest BCUT2D eigenvalue weighted by molar-refractivity contribution is -0.134. The second kappa shape index (κ2) is 7.25. The van der Waals surface area contributed by atoms with E-state index in [-0.39, 0.29) is 11.9 Å². The molecular weight excluding hydrogens is 288 g/mol. The maximum atomic E-state index is 11.2. The first-order valence-corrected chi connectivity index (χ1v) is 7.85. The van der Waals surface area contributed by atoms with Gasteiger partial charge in [0.2, 0.25) is 0 Å². The fourth-order valence-electron chi connectivity index (χ4n) is 2.86. The standard InChI is InChI=1S/C20H20O3/c1-15(21)23-20-13-17(18-9-5-6-10-19(18)20)11-12-22-14-16-7-3-2-4-8-16/h2-10,13,17H,11-12,14H2,1H3. The predicted molar refractivity (Wildman–Crippen MR) is 89.6 cm³/mol. The Morgan fingerprint density at radius 2 is 1.78 bits per heavy atom. The van der Waals surface area contributed by atoms with E-state index in [1.54, 1.807) is 0 Å². The molecule has 23 heavy (non-hydrogen) atoms. The molecule has 0 saturated heterocycles. The quantitative estimate of drug-likeness (QED) is 0.590. The SMILES string of the molecule is CC(=O)OC1=CC(CCOCc2ccccc2)c2ccccc21. The highest BCUT2D eigenvalue weighted by atomic mass is 16.5. The van der Waals surface area contributed by atoms with Gasteiger partial charge in [-0.1, -0.05) is 54.6 Å². The van der Waals surface area contributed by atoms with Crippen molar-refractivity contribution in [2.75, 3.05) is 6.61 Å². The molecule has 3 rings (SSSR count). The van der Waals surface area contributed by atoms with Gasteiger partial charge in [-0.15, -0.1) is 0 Å². The van der Waals surface area contributed by atoms with E-state index < -0.39 is 0 Å². The van der Waals surface area contributed by atoms with Crippen molar-refractivity contribution in [2.24, 2.45) is 0 Å². The Labute approximate surface area is 136 Å². The second-order valence-corrected chi connectivity index (χ2v) is 5.65. The smallest absolute Gasteiger partial charge is 0.308 e. The molecule has 118 valence electrons. The molecule has 2 aromatic rings. The van der Waals surface area contributed by atoms with Crippen LogP contribution in [0.5, 0.6) is 0 Å². The zero-order valence-corrected chi connectivity index (χ0v) is 13.2. The Morgan fingerprint density at radius 1 is 1.04 bits per heavy atom. The Bertz CT molecular complexity index is 704. The van der Waals surface area contributed by atoms with Crippen molar-refractivity contribution in [2.45, 2.75) is 25.9 Å². The summed E-state index contributed by atoms with van der Waals surface area (Å²) in [5.74, 6) is 0.615. The van der Waals surface area contributed by atoms with Gasteiger partial charge in [-0.25, -0.2) is 0 Å². The summed E-state index contributed by atoms with van der Waals surface area (Å²) in [4.78, 5) is 11.2. The number of carbonyl (C=O) groups is 1. The first-order chi connectivity index (χ1) is 11.2. The minimum atomic E-state index is -0.285. The van der Waals surface area contributed by atoms with Crippen molar-refractivity contribution in [3.8, 4) is 0 Å². The highest BCUT2D eigenvalue weighted by Crippen LogP contribution is 2.38. The Morgan fingerprint density at radius 3 is 2.57 bits per heavy atom. The number of hydrogen-bond donors (Lipinski definition) is 0. The first-order valence-electron chi connectivity index (χ1n) is 7.85. The summed E-state index contributed by atoms with van der Waals surface area (Å²) in [6.07, 6.45) is 2.90. The maximum Gasteiger partial charge on any atom is 0.308 e. The number of rotatable bonds is 6. The molecule has 0 saturated carbocycles. The summed E-state index contributed by atoms with van der Waals surface area (Å²) in [6, 6.07) is 18.2. The second-order valence-electron chi connectivity index (χ2n) is 5.65. The third-order valence-electron chi connectivity index (χ3n) is 3.92. The van der Waals surface area contributed by atoms with Crippen LogP contribution in [-0.4, -0.2) is 12.6 Å². The van der Waals surface area contributed by atoms with Crippen LogP contribution in [0.15, 0.2) is 60.7 Å². The van der Waals surface area contributed by atoms with Crippen LogP contribution in [-0.2, 0) is 20.9 Å². The molecule has 1 aliphatic rings. The topological polar surface area (TPSA) is 35.5 Å². The fourth-order valence-corrected chi connectivity index (χ4v) is 2.86. The summed E-state index contributed by atoms with van der Waals surface area (Å²) < 4.78 is 11.1. The number of benzene rings is 2. The van der Waals surface area contributed by atoms with Gasteiger partial charge in [0.25, 0.3) is 0 Å². The molecule has 0 heterocycles. The predicted octanol–water partition coefficient (Wildman–Crippen LogP) is 4.29. The highest BCUT2D eigenvalue weighted by molar-refractivity contribution is 5.80. The third-order valence-corrected chi connectivity index (χ3v) is 3.92. The number of hydrogen-bond acceptors (Lipinski definition) is 3. The largest absolute Gasteiger partial charge is 0.426 e. The number of carbonyl (C=O) groups excluding carboxylic acids is 1. The van der Waals surface area contributed by atoms with Gasteiger partial charge >= 0.3 is 5.97 Å². The van der Waals surface area contributed by atoms with E-state index in [4.69, 9.17) is 9.47 Å². The van der Waals surface area contributed by atoms with Gasteiger partial charge in [-0.3, -0.25) is 4.79 Å². The summed E-state index contributed by atoms with van der Waals surface area (Å²) in [6.45, 7) is 2.72. The molecule has 1 aliphatic carbocycles. The van der Waals surface area contributed by atoms with Crippen LogP contribution >= 0.6 is 0 Å². The van der Waals surface area contributed by atoms with Crippen molar-refractivity contribution >= 4 is 11.7 Å². The van der Waals surface area contributed by atoms with Crippen molar-refractivity contribution in [3.63, 3.8) is 0 Å². The van der Waals surface area contributed by atoms with E-state index in [1.165, 1.54) is 18.1 Å². The molecule has 0 spiro atoms. The number of fused-ring (bicyclic) bond motifs is 1. The monoisotopic (exact) mass is 308 g/mol. The van der Waals surface area contributed by atoms with E-state index in [0.717, 1.165) is 12.0 Å². The molecule has 0 bridgehead atoms. The summed E-state index contributed by atoms with van der Waals surface area (Å²) in [5.41, 5.74) is 3.39. The molecule has 3 nitrogen and oxygen atoms in total. The van der Waals surface area contributed by atoms with Crippen LogP contribution in [0, 0.1) is 0 Å². The van der Waals surface area contributed by atoms with Crippen LogP contribution < -0.4 is 0 Å². The molecule has 0 amide bonds. The Balaban J connectivity index is 1.59. The summed E-state index contributed by atoms with van der Waals surface area (Å²) >= 11 is 0. The van der Waals surface area contributed by atoms with Gasteiger partial charge in [-0.05, 0) is 23.6 Å². The van der Waals surface area contributed by atoms with Crippen molar-refractivity contribution in [3.05, 3.63) is 77.4 Å². The van der Waals surface area contributed by atoms with Crippen LogP contribution in [0.4, 0.5) is 0 Å². The Hall–Kier alpha value is -2.39. The lowest BCUT2D eigenvalue weighted by atomic mass is 9.98. The van der Waals surface area contributed by atoms with Crippen molar-refractivity contribution in [1.29, 1.82) is 0 Å². The summed E-state index contributed by atoms with van der Waals surface area (Å²) in [7, 11) is 0. The van der Waals surface area contributed by atoms with Gasteiger partial charge in [0.15, 0.2) is 0 Å². The van der Waals surface area contributed by atoms with Gasteiger partial charge < -0.3 is 9.47 Å². The van der Waals surface area contributed by atoms with Gasteiger partial charge in [0, 0.05) is 25.0 Å². The van der Waals surface area contributed by atoms with E-state index in [2.05, 4.69) is 18.2 Å². The Kier molecular flexibility index (Phi) is 4.89.